The van der Waals surface area contributed by atoms with Crippen molar-refractivity contribution in [3.8, 4) is 0 Å². The van der Waals surface area contributed by atoms with Gasteiger partial charge in [0, 0.05) is 55.2 Å². The van der Waals surface area contributed by atoms with Crippen LogP contribution in [0.3, 0.4) is 0 Å². The standard InChI is InChI=1S/C27H42N2O2/c1-5-28(6-2)25(31)22-11-10-20-19-17-29-16-8-7-9-18-23(30)13-15-27(4,24(18)29)21(19)12-14-26(20,22)3/h19-22H,5-17H2,1-4H3/t19-,20-,21-,22+,26-,27+/m0/s1. The molecule has 0 aromatic carbocycles. The van der Waals surface area contributed by atoms with Gasteiger partial charge >= 0.3 is 0 Å². The number of carbonyl (C=O) groups is 2. The summed E-state index contributed by atoms with van der Waals surface area (Å²) in [6.45, 7) is 13.1. The van der Waals surface area contributed by atoms with Crippen LogP contribution in [0.15, 0.2) is 11.3 Å². The van der Waals surface area contributed by atoms with E-state index in [0.29, 0.717) is 29.4 Å². The molecule has 172 valence electrons. The van der Waals surface area contributed by atoms with Crippen LogP contribution < -0.4 is 0 Å². The van der Waals surface area contributed by atoms with Crippen LogP contribution in [0.2, 0.25) is 0 Å². The maximum absolute atomic E-state index is 13.4. The first-order valence-corrected chi connectivity index (χ1v) is 13.2. The molecule has 4 heteroatoms. The number of ketones is 1. The van der Waals surface area contributed by atoms with Crippen LogP contribution in [0.25, 0.3) is 0 Å². The summed E-state index contributed by atoms with van der Waals surface area (Å²) < 4.78 is 0. The zero-order chi connectivity index (χ0) is 22.0. The fourth-order valence-electron chi connectivity index (χ4n) is 8.94. The lowest BCUT2D eigenvalue weighted by molar-refractivity contribution is -0.144. The molecule has 0 aromatic rings. The molecule has 4 nitrogen and oxygen atoms in total. The van der Waals surface area contributed by atoms with Gasteiger partial charge in [-0.1, -0.05) is 13.8 Å². The summed E-state index contributed by atoms with van der Waals surface area (Å²) in [4.78, 5) is 31.0. The predicted octanol–water partition coefficient (Wildman–Crippen LogP) is 5.04. The molecule has 1 amide bonds. The van der Waals surface area contributed by atoms with Gasteiger partial charge in [-0.2, -0.15) is 0 Å². The fourth-order valence-corrected chi connectivity index (χ4v) is 8.94. The van der Waals surface area contributed by atoms with E-state index in [9.17, 15) is 9.59 Å². The van der Waals surface area contributed by atoms with Gasteiger partial charge in [0.15, 0.2) is 5.78 Å². The first-order valence-electron chi connectivity index (χ1n) is 13.2. The van der Waals surface area contributed by atoms with Crippen molar-refractivity contribution in [2.75, 3.05) is 26.2 Å². The average Bonchev–Trinajstić information content (AvgIpc) is 2.95. The summed E-state index contributed by atoms with van der Waals surface area (Å²) in [5.74, 6) is 3.06. The Bertz CT molecular complexity index is 799. The minimum atomic E-state index is 0.150. The third kappa shape index (κ3) is 2.99. The Hall–Kier alpha value is -1.32. The van der Waals surface area contributed by atoms with Crippen LogP contribution in [-0.4, -0.2) is 47.7 Å². The molecule has 2 saturated carbocycles. The van der Waals surface area contributed by atoms with Crippen molar-refractivity contribution in [1.29, 1.82) is 0 Å². The molecular formula is C27H42N2O2. The first kappa shape index (κ1) is 21.5. The Morgan fingerprint density at radius 3 is 2.55 bits per heavy atom. The molecule has 3 aliphatic carbocycles. The Balaban J connectivity index is 1.49. The van der Waals surface area contributed by atoms with Gasteiger partial charge in [-0.15, -0.1) is 0 Å². The van der Waals surface area contributed by atoms with Gasteiger partial charge in [0.1, 0.15) is 0 Å². The summed E-state index contributed by atoms with van der Waals surface area (Å²) in [5.41, 5.74) is 2.97. The smallest absolute Gasteiger partial charge is 0.226 e. The van der Waals surface area contributed by atoms with Crippen LogP contribution in [0.4, 0.5) is 0 Å². The molecule has 0 unspecified atom stereocenters. The number of nitrogens with zero attached hydrogens (tertiary/aromatic N) is 2. The lowest BCUT2D eigenvalue weighted by atomic mass is 9.49. The molecule has 1 saturated heterocycles. The second-order valence-electron chi connectivity index (χ2n) is 11.6. The number of fused-ring (bicyclic) bond motifs is 4. The molecular weight excluding hydrogens is 384 g/mol. The summed E-state index contributed by atoms with van der Waals surface area (Å²) >= 11 is 0. The van der Waals surface area contributed by atoms with E-state index in [1.54, 1.807) is 0 Å². The van der Waals surface area contributed by atoms with Gasteiger partial charge < -0.3 is 9.80 Å². The summed E-state index contributed by atoms with van der Waals surface area (Å²) in [6, 6.07) is 0. The zero-order valence-corrected chi connectivity index (χ0v) is 20.2. The second kappa shape index (κ2) is 7.63. The van der Waals surface area contributed by atoms with E-state index in [0.717, 1.165) is 58.3 Å². The van der Waals surface area contributed by atoms with Gasteiger partial charge in [-0.05, 0) is 88.4 Å². The van der Waals surface area contributed by atoms with Gasteiger partial charge in [-0.3, -0.25) is 9.59 Å². The van der Waals surface area contributed by atoms with Crippen LogP contribution in [0.1, 0.15) is 85.5 Å². The first-order chi connectivity index (χ1) is 14.8. The van der Waals surface area contributed by atoms with Crippen molar-refractivity contribution in [3.63, 3.8) is 0 Å². The Morgan fingerprint density at radius 2 is 1.81 bits per heavy atom. The maximum Gasteiger partial charge on any atom is 0.226 e. The van der Waals surface area contributed by atoms with Crippen molar-refractivity contribution in [3.05, 3.63) is 11.3 Å². The third-order valence-corrected chi connectivity index (χ3v) is 10.5. The second-order valence-corrected chi connectivity index (χ2v) is 11.6. The molecule has 3 fully saturated rings. The number of piperidine rings is 1. The SMILES string of the molecule is CCN(CC)C(=O)[C@H]1CC[C@H]2[C@@H]3CN4CCCCC5=C4[C@](C)(CCC5=O)[C@H]3CC[C@]12C. The molecule has 0 bridgehead atoms. The molecule has 5 aliphatic rings. The van der Waals surface area contributed by atoms with Gasteiger partial charge in [0.25, 0.3) is 0 Å². The monoisotopic (exact) mass is 426 g/mol. The highest BCUT2D eigenvalue weighted by molar-refractivity contribution is 5.97. The number of amides is 1. The number of allylic oxidation sites excluding steroid dienone is 2. The molecule has 0 radical (unpaired) electrons. The average molecular weight is 427 g/mol. The predicted molar refractivity (Wildman–Crippen MR) is 123 cm³/mol. The minimum absolute atomic E-state index is 0.150. The van der Waals surface area contributed by atoms with E-state index in [1.807, 2.05) is 0 Å². The summed E-state index contributed by atoms with van der Waals surface area (Å²) in [5, 5.41) is 0. The number of rotatable bonds is 3. The van der Waals surface area contributed by atoms with Crippen molar-refractivity contribution >= 4 is 11.7 Å². The van der Waals surface area contributed by atoms with Gasteiger partial charge in [0.2, 0.25) is 5.91 Å². The van der Waals surface area contributed by atoms with Crippen LogP contribution in [-0.2, 0) is 9.59 Å². The highest BCUT2D eigenvalue weighted by Crippen LogP contribution is 2.66. The van der Waals surface area contributed by atoms with Gasteiger partial charge in [0.05, 0.1) is 0 Å². The van der Waals surface area contributed by atoms with E-state index in [-0.39, 0.29) is 16.7 Å². The number of carbonyl (C=O) groups excluding carboxylic acids is 2. The Labute approximate surface area is 188 Å². The molecule has 6 atom stereocenters. The summed E-state index contributed by atoms with van der Waals surface area (Å²) in [7, 11) is 0. The lowest BCUT2D eigenvalue weighted by Crippen LogP contribution is -2.58. The van der Waals surface area contributed by atoms with Crippen molar-refractivity contribution in [2.24, 2.45) is 34.5 Å². The van der Waals surface area contributed by atoms with Crippen molar-refractivity contribution in [1.82, 2.24) is 9.80 Å². The van der Waals surface area contributed by atoms with E-state index in [1.165, 1.54) is 37.0 Å². The van der Waals surface area contributed by atoms with Crippen LogP contribution in [0.5, 0.6) is 0 Å². The molecule has 0 spiro atoms. The normalized spacial score (nSPS) is 41.9. The highest BCUT2D eigenvalue weighted by atomic mass is 16.2. The maximum atomic E-state index is 13.4. The van der Waals surface area contributed by atoms with Crippen molar-refractivity contribution < 1.29 is 9.59 Å². The molecule has 5 rings (SSSR count). The largest absolute Gasteiger partial charge is 0.374 e. The lowest BCUT2D eigenvalue weighted by Gasteiger charge is -2.61. The molecule has 2 heterocycles. The van der Waals surface area contributed by atoms with Gasteiger partial charge in [-0.25, -0.2) is 0 Å². The quantitative estimate of drug-likeness (QED) is 0.635. The topological polar surface area (TPSA) is 40.6 Å². The third-order valence-electron chi connectivity index (χ3n) is 10.5. The molecule has 31 heavy (non-hydrogen) atoms. The minimum Gasteiger partial charge on any atom is -0.374 e. The Kier molecular flexibility index (Phi) is 5.29. The van der Waals surface area contributed by atoms with E-state index < -0.39 is 0 Å². The van der Waals surface area contributed by atoms with Crippen LogP contribution >= 0.6 is 0 Å². The number of hydrogen-bond donors (Lipinski definition) is 0. The highest BCUT2D eigenvalue weighted by Gasteiger charge is 2.62. The number of Topliss-reactive ketones (excluding diaryl/α,β-unsaturated/α-hetero) is 1. The number of hydrogen-bond acceptors (Lipinski definition) is 3. The van der Waals surface area contributed by atoms with E-state index >= 15 is 0 Å². The zero-order valence-electron chi connectivity index (χ0n) is 20.2. The van der Waals surface area contributed by atoms with E-state index in [4.69, 9.17) is 0 Å². The molecule has 0 aromatic heterocycles. The molecule has 2 aliphatic heterocycles. The van der Waals surface area contributed by atoms with Crippen LogP contribution in [0, 0.1) is 34.5 Å². The summed E-state index contributed by atoms with van der Waals surface area (Å²) in [6.07, 6.45) is 9.85. The van der Waals surface area contributed by atoms with E-state index in [2.05, 4.69) is 37.5 Å². The fraction of sp³-hybridized carbons (Fsp3) is 0.852. The Morgan fingerprint density at radius 1 is 1.03 bits per heavy atom. The molecule has 0 N–H and O–H groups in total. The van der Waals surface area contributed by atoms with Crippen molar-refractivity contribution in [2.45, 2.75) is 85.5 Å².